The second kappa shape index (κ2) is 6.41. The third-order valence-corrected chi connectivity index (χ3v) is 4.34. The molecule has 0 bridgehead atoms. The number of hydrogen-bond donors (Lipinski definition) is 2. The van der Waals surface area contributed by atoms with Crippen molar-refractivity contribution in [3.8, 4) is 11.1 Å². The normalized spacial score (nSPS) is 16.0. The molecule has 3 aromatic rings. The van der Waals surface area contributed by atoms with Crippen LogP contribution in [0.4, 0.5) is 0 Å². The number of rotatable bonds is 5. The molecule has 0 saturated carbocycles. The Morgan fingerprint density at radius 2 is 1.96 bits per heavy atom. The molecule has 25 heavy (non-hydrogen) atoms. The Morgan fingerprint density at radius 3 is 2.72 bits per heavy atom. The molecule has 6 nitrogen and oxygen atoms in total. The molecule has 3 heterocycles. The molecule has 0 fully saturated rings. The summed E-state index contributed by atoms with van der Waals surface area (Å²) in [7, 11) is 0. The first kappa shape index (κ1) is 15.4. The number of nitrogens with one attached hydrogen (secondary N) is 1. The molecule has 0 aliphatic carbocycles. The van der Waals surface area contributed by atoms with Gasteiger partial charge in [0.05, 0.1) is 30.7 Å². The van der Waals surface area contributed by atoms with Crippen LogP contribution in [0.15, 0.2) is 55.0 Å². The van der Waals surface area contributed by atoms with Crippen LogP contribution in [0.5, 0.6) is 0 Å². The number of hydrogen-bond acceptors (Lipinski definition) is 4. The van der Waals surface area contributed by atoms with Gasteiger partial charge in [-0.2, -0.15) is 5.10 Å². The van der Waals surface area contributed by atoms with E-state index in [2.05, 4.69) is 10.4 Å². The summed E-state index contributed by atoms with van der Waals surface area (Å²) in [6.07, 6.45) is 8.55. The molecular weight excluding hydrogens is 316 g/mol. The largest absolute Gasteiger partial charge is 0.394 e. The number of fused-ring (bicyclic) bond motifs is 1. The van der Waals surface area contributed by atoms with E-state index in [0.29, 0.717) is 6.54 Å². The maximum atomic E-state index is 11.4. The van der Waals surface area contributed by atoms with Gasteiger partial charge in [-0.25, -0.2) is 0 Å². The van der Waals surface area contributed by atoms with Gasteiger partial charge in [0.15, 0.2) is 0 Å². The predicted molar refractivity (Wildman–Crippen MR) is 95.3 cm³/mol. The van der Waals surface area contributed by atoms with Crippen molar-refractivity contribution < 1.29 is 9.90 Å². The SMILES string of the molecule is O=CC1NC(c2ccc(-c3cnn(CCO)c3)cc2)=Cn2cccc21. The van der Waals surface area contributed by atoms with Crippen molar-refractivity contribution in [3.63, 3.8) is 0 Å². The van der Waals surface area contributed by atoms with Crippen LogP contribution in [-0.4, -0.2) is 32.3 Å². The van der Waals surface area contributed by atoms with Gasteiger partial charge >= 0.3 is 0 Å². The number of aldehydes is 1. The molecule has 0 amide bonds. The molecule has 0 radical (unpaired) electrons. The van der Waals surface area contributed by atoms with Crippen molar-refractivity contribution >= 4 is 18.2 Å². The van der Waals surface area contributed by atoms with E-state index in [0.717, 1.165) is 34.4 Å². The lowest BCUT2D eigenvalue weighted by Crippen LogP contribution is -2.27. The van der Waals surface area contributed by atoms with Crippen molar-refractivity contribution in [1.82, 2.24) is 19.7 Å². The van der Waals surface area contributed by atoms with Crippen molar-refractivity contribution in [2.45, 2.75) is 12.6 Å². The number of aliphatic hydroxyl groups is 1. The second-order valence-electron chi connectivity index (χ2n) is 5.93. The summed E-state index contributed by atoms with van der Waals surface area (Å²) in [5.41, 5.74) is 4.91. The zero-order chi connectivity index (χ0) is 17.2. The standard InChI is InChI=1S/C19H18N4O2/c24-9-8-23-11-16(10-20-23)14-3-5-15(6-4-14)17-12-22-7-1-2-19(22)18(13-25)21-17/h1-7,10-13,18,21,24H,8-9H2. The Labute approximate surface area is 145 Å². The lowest BCUT2D eigenvalue weighted by molar-refractivity contribution is -0.109. The lowest BCUT2D eigenvalue weighted by atomic mass is 10.0. The summed E-state index contributed by atoms with van der Waals surface area (Å²) in [6.45, 7) is 0.556. The highest BCUT2D eigenvalue weighted by Crippen LogP contribution is 2.27. The highest BCUT2D eigenvalue weighted by molar-refractivity contribution is 5.80. The van der Waals surface area contributed by atoms with Crippen molar-refractivity contribution in [3.05, 3.63) is 66.2 Å². The fourth-order valence-corrected chi connectivity index (χ4v) is 3.05. The summed E-state index contributed by atoms with van der Waals surface area (Å²) in [5.74, 6) is 0. The summed E-state index contributed by atoms with van der Waals surface area (Å²) in [6, 6.07) is 11.6. The zero-order valence-corrected chi connectivity index (χ0v) is 13.5. The van der Waals surface area contributed by atoms with E-state index in [1.54, 1.807) is 10.9 Å². The zero-order valence-electron chi connectivity index (χ0n) is 13.5. The molecule has 0 spiro atoms. The fourth-order valence-electron chi connectivity index (χ4n) is 3.05. The van der Waals surface area contributed by atoms with E-state index in [1.807, 2.05) is 59.6 Å². The molecule has 2 N–H and O–H groups in total. The minimum absolute atomic E-state index is 0.0686. The van der Waals surface area contributed by atoms with E-state index in [1.165, 1.54) is 0 Å². The maximum Gasteiger partial charge on any atom is 0.148 e. The Balaban J connectivity index is 1.61. The van der Waals surface area contributed by atoms with Gasteiger partial charge in [-0.3, -0.25) is 4.68 Å². The van der Waals surface area contributed by atoms with Crippen LogP contribution in [0.25, 0.3) is 23.0 Å². The highest BCUT2D eigenvalue weighted by atomic mass is 16.3. The molecular formula is C19H18N4O2. The van der Waals surface area contributed by atoms with E-state index in [9.17, 15) is 4.79 Å². The molecule has 6 heteroatoms. The van der Waals surface area contributed by atoms with Gasteiger partial charge in [-0.1, -0.05) is 24.3 Å². The topological polar surface area (TPSA) is 72.1 Å². The number of aromatic nitrogens is 3. The summed E-state index contributed by atoms with van der Waals surface area (Å²) in [5, 5.41) is 16.5. The van der Waals surface area contributed by atoms with Gasteiger partial charge < -0.3 is 19.8 Å². The highest BCUT2D eigenvalue weighted by Gasteiger charge is 2.20. The molecule has 1 aliphatic heterocycles. The third kappa shape index (κ3) is 2.88. The molecule has 126 valence electrons. The van der Waals surface area contributed by atoms with Crippen molar-refractivity contribution in [2.75, 3.05) is 6.61 Å². The van der Waals surface area contributed by atoms with Gasteiger partial charge in [-0.15, -0.1) is 0 Å². The maximum absolute atomic E-state index is 11.4. The van der Waals surface area contributed by atoms with Gasteiger partial charge in [0.2, 0.25) is 0 Å². The Morgan fingerprint density at radius 1 is 1.16 bits per heavy atom. The van der Waals surface area contributed by atoms with E-state index in [4.69, 9.17) is 5.11 Å². The molecule has 1 aromatic carbocycles. The third-order valence-electron chi connectivity index (χ3n) is 4.34. The molecule has 4 rings (SSSR count). The van der Waals surface area contributed by atoms with E-state index < -0.39 is 0 Å². The first-order chi connectivity index (χ1) is 12.3. The quantitative estimate of drug-likeness (QED) is 0.701. The summed E-state index contributed by atoms with van der Waals surface area (Å²) < 4.78 is 3.69. The molecule has 2 aromatic heterocycles. The van der Waals surface area contributed by atoms with E-state index >= 15 is 0 Å². The first-order valence-electron chi connectivity index (χ1n) is 8.13. The molecule has 1 aliphatic rings. The van der Waals surface area contributed by atoms with Crippen LogP contribution in [0.2, 0.25) is 0 Å². The van der Waals surface area contributed by atoms with Crippen LogP contribution in [0, 0.1) is 0 Å². The molecule has 1 atom stereocenters. The minimum atomic E-state index is -0.341. The van der Waals surface area contributed by atoms with Gasteiger partial charge in [0.1, 0.15) is 12.3 Å². The Kier molecular flexibility index (Phi) is 3.95. The Hall–Kier alpha value is -3.12. The number of aliphatic hydroxyl groups excluding tert-OH is 1. The number of carbonyl (C=O) groups excluding carboxylic acids is 1. The number of carbonyl (C=O) groups is 1. The fraction of sp³-hybridized carbons (Fsp3) is 0.158. The predicted octanol–water partition coefficient (Wildman–Crippen LogP) is 2.14. The van der Waals surface area contributed by atoms with Crippen molar-refractivity contribution in [1.29, 1.82) is 0 Å². The summed E-state index contributed by atoms with van der Waals surface area (Å²) in [4.78, 5) is 11.4. The number of nitrogens with zero attached hydrogens (tertiary/aromatic N) is 3. The van der Waals surface area contributed by atoms with Crippen LogP contribution in [0.3, 0.4) is 0 Å². The molecule has 0 saturated heterocycles. The van der Waals surface area contributed by atoms with E-state index in [-0.39, 0.29) is 12.6 Å². The monoisotopic (exact) mass is 334 g/mol. The van der Waals surface area contributed by atoms with Gasteiger partial charge in [-0.05, 0) is 23.3 Å². The average Bonchev–Trinajstić information content (AvgIpc) is 3.30. The van der Waals surface area contributed by atoms with Crippen LogP contribution in [0.1, 0.15) is 17.3 Å². The van der Waals surface area contributed by atoms with Crippen molar-refractivity contribution in [2.24, 2.45) is 0 Å². The van der Waals surface area contributed by atoms with Gasteiger partial charge in [0.25, 0.3) is 0 Å². The first-order valence-corrected chi connectivity index (χ1v) is 8.13. The lowest BCUT2D eigenvalue weighted by Gasteiger charge is -2.23. The van der Waals surface area contributed by atoms with Crippen LogP contribution in [-0.2, 0) is 11.3 Å². The van der Waals surface area contributed by atoms with Crippen LogP contribution >= 0.6 is 0 Å². The average molecular weight is 334 g/mol. The summed E-state index contributed by atoms with van der Waals surface area (Å²) >= 11 is 0. The molecule has 1 unspecified atom stereocenters. The minimum Gasteiger partial charge on any atom is -0.394 e. The second-order valence-corrected chi connectivity index (χ2v) is 5.93. The number of benzene rings is 1. The Bertz CT molecular complexity index is 921. The van der Waals surface area contributed by atoms with Gasteiger partial charge in [0, 0.05) is 24.2 Å². The smallest absolute Gasteiger partial charge is 0.148 e. The van der Waals surface area contributed by atoms with Crippen LogP contribution < -0.4 is 5.32 Å².